The molecule has 0 saturated heterocycles. The van der Waals surface area contributed by atoms with E-state index in [0.717, 1.165) is 68.6 Å². The van der Waals surface area contributed by atoms with Crippen molar-refractivity contribution in [3.05, 3.63) is 49.2 Å². The van der Waals surface area contributed by atoms with Gasteiger partial charge in [0, 0.05) is 57.9 Å². The summed E-state index contributed by atoms with van der Waals surface area (Å²) in [6, 6.07) is 4.01. The summed E-state index contributed by atoms with van der Waals surface area (Å²) >= 11 is 7.35. The molecule has 0 bridgehead atoms. The van der Waals surface area contributed by atoms with E-state index >= 15 is 0 Å². The number of ketones is 2. The number of nitrogens with zero attached hydrogens (tertiary/aromatic N) is 1. The summed E-state index contributed by atoms with van der Waals surface area (Å²) in [5.41, 5.74) is 4.44. The smallest absolute Gasteiger partial charge is 0.162 e. The molecule has 6 heteroatoms. The van der Waals surface area contributed by atoms with Crippen molar-refractivity contribution in [2.45, 2.75) is 79.6 Å². The molecule has 0 spiro atoms. The molecule has 4 nitrogen and oxygen atoms in total. The van der Waals surface area contributed by atoms with E-state index in [2.05, 4.69) is 78.3 Å². The number of allylic oxidation sites excluding steroid dienone is 4. The van der Waals surface area contributed by atoms with Crippen LogP contribution in [0.1, 0.15) is 85.1 Å². The molecule has 0 aromatic heterocycles. The van der Waals surface area contributed by atoms with Gasteiger partial charge in [0.25, 0.3) is 0 Å². The Hall–Kier alpha value is -1.40. The molecule has 2 aliphatic carbocycles. The summed E-state index contributed by atoms with van der Waals surface area (Å²) in [5, 5.41) is 0. The first kappa shape index (κ1) is 25.7. The summed E-state index contributed by atoms with van der Waals surface area (Å²) in [7, 11) is 0. The van der Waals surface area contributed by atoms with E-state index in [1.54, 1.807) is 0 Å². The maximum absolute atomic E-state index is 13.8. The molecule has 0 atom stereocenters. The van der Waals surface area contributed by atoms with Crippen LogP contribution in [0.25, 0.3) is 0 Å². The lowest BCUT2D eigenvalue weighted by molar-refractivity contribution is -0.119. The van der Waals surface area contributed by atoms with Gasteiger partial charge in [-0.2, -0.15) is 0 Å². The fourth-order valence-electron chi connectivity index (χ4n) is 5.89. The minimum absolute atomic E-state index is 0.112. The highest BCUT2D eigenvalue weighted by Crippen LogP contribution is 2.56. The predicted octanol–water partition coefficient (Wildman–Crippen LogP) is 7.71. The van der Waals surface area contributed by atoms with Gasteiger partial charge in [-0.3, -0.25) is 9.59 Å². The monoisotopic (exact) mass is 591 g/mol. The zero-order valence-electron chi connectivity index (χ0n) is 21.1. The molecule has 1 heterocycles. The SMILES string of the molecule is CCCOc1c(Br)cc(Br)cc1C1C2=C(CC(C)(C)CC2=O)N(CC)C2=C1C(=O)CC(C)(C)C2. The van der Waals surface area contributed by atoms with Crippen LogP contribution >= 0.6 is 31.9 Å². The highest BCUT2D eigenvalue weighted by atomic mass is 79.9. The van der Waals surface area contributed by atoms with Gasteiger partial charge in [0.1, 0.15) is 5.75 Å². The Labute approximate surface area is 220 Å². The minimum atomic E-state index is -0.402. The first-order chi connectivity index (χ1) is 15.9. The molecule has 1 aromatic rings. The second kappa shape index (κ2) is 9.24. The van der Waals surface area contributed by atoms with E-state index in [1.807, 2.05) is 12.1 Å². The Balaban J connectivity index is 2.04. The molecular weight excluding hydrogens is 558 g/mol. The van der Waals surface area contributed by atoms with Crippen LogP contribution in [0.4, 0.5) is 0 Å². The van der Waals surface area contributed by atoms with Crippen molar-refractivity contribution in [2.75, 3.05) is 13.2 Å². The van der Waals surface area contributed by atoms with Crippen molar-refractivity contribution in [2.24, 2.45) is 10.8 Å². The Morgan fingerprint density at radius 3 is 1.91 bits per heavy atom. The average Bonchev–Trinajstić information content (AvgIpc) is 2.69. The molecule has 0 radical (unpaired) electrons. The third-order valence-electron chi connectivity index (χ3n) is 7.14. The highest BCUT2D eigenvalue weighted by Gasteiger charge is 2.49. The van der Waals surface area contributed by atoms with Crippen molar-refractivity contribution in [1.82, 2.24) is 4.90 Å². The number of hydrogen-bond donors (Lipinski definition) is 0. The summed E-state index contributed by atoms with van der Waals surface area (Å²) in [5.74, 6) is 0.627. The van der Waals surface area contributed by atoms with Gasteiger partial charge in [-0.25, -0.2) is 0 Å². The summed E-state index contributed by atoms with van der Waals surface area (Å²) in [4.78, 5) is 29.9. The predicted molar refractivity (Wildman–Crippen MR) is 143 cm³/mol. The number of hydrogen-bond acceptors (Lipinski definition) is 4. The van der Waals surface area contributed by atoms with Gasteiger partial charge in [-0.05, 0) is 65.1 Å². The van der Waals surface area contributed by atoms with Crippen LogP contribution in [-0.4, -0.2) is 29.6 Å². The van der Waals surface area contributed by atoms with E-state index in [1.165, 1.54) is 0 Å². The number of Topliss-reactive ketones (excluding diaryl/α,β-unsaturated/α-hetero) is 2. The fraction of sp³-hybridized carbons (Fsp3) is 0.571. The summed E-state index contributed by atoms with van der Waals surface area (Å²) < 4.78 is 7.97. The van der Waals surface area contributed by atoms with Crippen LogP contribution in [0, 0.1) is 10.8 Å². The van der Waals surface area contributed by atoms with Gasteiger partial charge in [0.15, 0.2) is 11.6 Å². The van der Waals surface area contributed by atoms with Crippen molar-refractivity contribution in [3.8, 4) is 5.75 Å². The van der Waals surface area contributed by atoms with Crippen molar-refractivity contribution in [1.29, 1.82) is 0 Å². The third kappa shape index (κ3) is 4.57. The number of carbonyl (C=O) groups is 2. The van der Waals surface area contributed by atoms with Crippen molar-refractivity contribution >= 4 is 43.4 Å². The van der Waals surface area contributed by atoms with Gasteiger partial charge >= 0.3 is 0 Å². The molecule has 0 saturated carbocycles. The molecule has 4 rings (SSSR count). The maximum atomic E-state index is 13.8. The first-order valence-electron chi connectivity index (χ1n) is 12.3. The summed E-state index contributed by atoms with van der Waals surface area (Å²) in [6.45, 7) is 14.2. The van der Waals surface area contributed by atoms with Crippen molar-refractivity contribution in [3.63, 3.8) is 0 Å². The molecule has 34 heavy (non-hydrogen) atoms. The van der Waals surface area contributed by atoms with Crippen LogP contribution in [0.15, 0.2) is 43.6 Å². The lowest BCUT2D eigenvalue weighted by Crippen LogP contribution is -2.44. The molecule has 0 unspecified atom stereocenters. The third-order valence-corrected chi connectivity index (χ3v) is 8.18. The quantitative estimate of drug-likeness (QED) is 0.351. The minimum Gasteiger partial charge on any atom is -0.492 e. The molecule has 0 N–H and O–H groups in total. The fourth-order valence-corrected chi connectivity index (χ4v) is 7.26. The van der Waals surface area contributed by atoms with E-state index in [4.69, 9.17) is 4.74 Å². The van der Waals surface area contributed by atoms with Gasteiger partial charge in [0.2, 0.25) is 0 Å². The molecular formula is C28H35Br2NO3. The molecule has 1 aromatic carbocycles. The highest BCUT2D eigenvalue weighted by molar-refractivity contribution is 9.11. The molecule has 184 valence electrons. The van der Waals surface area contributed by atoms with Gasteiger partial charge in [0.05, 0.1) is 11.1 Å². The zero-order valence-corrected chi connectivity index (χ0v) is 24.3. The molecule has 1 aliphatic heterocycles. The lowest BCUT2D eigenvalue weighted by atomic mass is 9.63. The lowest BCUT2D eigenvalue weighted by Gasteiger charge is -2.49. The molecule has 3 aliphatic rings. The topological polar surface area (TPSA) is 46.6 Å². The number of rotatable bonds is 5. The zero-order chi connectivity index (χ0) is 25.0. The van der Waals surface area contributed by atoms with Gasteiger partial charge in [-0.15, -0.1) is 0 Å². The first-order valence-corrected chi connectivity index (χ1v) is 13.9. The maximum Gasteiger partial charge on any atom is 0.162 e. The van der Waals surface area contributed by atoms with Crippen molar-refractivity contribution < 1.29 is 14.3 Å². The Kier molecular flexibility index (Phi) is 6.98. The van der Waals surface area contributed by atoms with Gasteiger partial charge in [-0.1, -0.05) is 50.5 Å². The normalized spacial score (nSPS) is 22.2. The standard InChI is InChI=1S/C28H35Br2NO3/c1-7-9-34-26-17(10-16(29)11-18(26)30)23-24-19(12-27(3,4)14-21(24)32)31(8-2)20-13-28(5,6)15-22(33)25(20)23/h10-11,23H,7-9,12-15H2,1-6H3. The Morgan fingerprint density at radius 2 is 1.44 bits per heavy atom. The van der Waals surface area contributed by atoms with Crippen LogP contribution in [-0.2, 0) is 9.59 Å². The molecule has 0 amide bonds. The van der Waals surface area contributed by atoms with Crippen LogP contribution < -0.4 is 4.74 Å². The van der Waals surface area contributed by atoms with Crippen LogP contribution in [0.2, 0.25) is 0 Å². The number of ether oxygens (including phenoxy) is 1. The second-order valence-electron chi connectivity index (χ2n) is 11.4. The second-order valence-corrected chi connectivity index (χ2v) is 13.2. The number of benzene rings is 1. The Bertz CT molecular complexity index is 1060. The number of halogens is 2. The number of carbonyl (C=O) groups excluding carboxylic acids is 2. The molecule has 0 fully saturated rings. The van der Waals surface area contributed by atoms with E-state index < -0.39 is 5.92 Å². The van der Waals surface area contributed by atoms with Gasteiger partial charge < -0.3 is 9.64 Å². The van der Waals surface area contributed by atoms with Crippen LogP contribution in [0.5, 0.6) is 5.75 Å². The van der Waals surface area contributed by atoms with E-state index in [0.29, 0.717) is 19.4 Å². The average molecular weight is 593 g/mol. The van der Waals surface area contributed by atoms with E-state index in [9.17, 15) is 9.59 Å². The van der Waals surface area contributed by atoms with E-state index in [-0.39, 0.29) is 22.4 Å². The largest absolute Gasteiger partial charge is 0.492 e. The summed E-state index contributed by atoms with van der Waals surface area (Å²) in [6.07, 6.45) is 3.50. The van der Waals surface area contributed by atoms with Crippen LogP contribution in [0.3, 0.4) is 0 Å². The Morgan fingerprint density at radius 1 is 0.912 bits per heavy atom.